The van der Waals surface area contributed by atoms with Gasteiger partial charge in [-0.3, -0.25) is 9.78 Å². The Morgan fingerprint density at radius 1 is 1.06 bits per heavy atom. The lowest BCUT2D eigenvalue weighted by Crippen LogP contribution is -2.22. The van der Waals surface area contributed by atoms with Crippen LogP contribution in [0.2, 0.25) is 5.02 Å². The van der Waals surface area contributed by atoms with Crippen LogP contribution in [0.1, 0.15) is 51.6 Å². The summed E-state index contributed by atoms with van der Waals surface area (Å²) in [6.07, 6.45) is 11.7. The van der Waals surface area contributed by atoms with Crippen molar-refractivity contribution in [1.82, 2.24) is 24.9 Å². The Kier molecular flexibility index (Phi) is 8.28. The third kappa shape index (κ3) is 6.44. The number of rotatable bonds is 4. The van der Waals surface area contributed by atoms with E-state index in [-0.39, 0.29) is 11.6 Å². The number of aromatic amines is 1. The molecule has 1 fully saturated rings. The van der Waals surface area contributed by atoms with Gasteiger partial charge in [-0.2, -0.15) is 4.98 Å². The fourth-order valence-electron chi connectivity index (χ4n) is 4.15. The molecule has 1 saturated carbocycles. The Bertz CT molecular complexity index is 1400. The van der Waals surface area contributed by atoms with Gasteiger partial charge < -0.3 is 16.0 Å². The minimum Gasteiger partial charge on any atom is -0.352 e. The first-order chi connectivity index (χ1) is 17.3. The van der Waals surface area contributed by atoms with Gasteiger partial charge in [0, 0.05) is 51.6 Å². The van der Waals surface area contributed by atoms with Gasteiger partial charge in [0.15, 0.2) is 0 Å². The molecule has 0 aliphatic heterocycles. The first-order valence-electron chi connectivity index (χ1n) is 12.3. The molecule has 0 unspecified atom stereocenters. The molecule has 9 heteroatoms. The number of halogens is 1. The molecule has 1 aliphatic carbocycles. The Morgan fingerprint density at radius 3 is 2.47 bits per heavy atom. The number of benzene rings is 1. The number of fused-ring (bicyclic) bond motifs is 1. The maximum Gasteiger partial charge on any atom is 0.257 e. The van der Waals surface area contributed by atoms with Gasteiger partial charge in [0.2, 0.25) is 5.95 Å². The van der Waals surface area contributed by atoms with E-state index in [4.69, 9.17) is 17.3 Å². The van der Waals surface area contributed by atoms with Gasteiger partial charge in [-0.15, -0.1) is 0 Å². The van der Waals surface area contributed by atoms with Crippen LogP contribution in [0, 0.1) is 6.92 Å². The van der Waals surface area contributed by atoms with Crippen LogP contribution in [0.25, 0.3) is 33.4 Å². The van der Waals surface area contributed by atoms with E-state index in [0.717, 1.165) is 22.3 Å². The largest absolute Gasteiger partial charge is 0.352 e. The van der Waals surface area contributed by atoms with Crippen molar-refractivity contribution in [3.63, 3.8) is 0 Å². The molecule has 0 atom stereocenters. The summed E-state index contributed by atoms with van der Waals surface area (Å²) in [5.41, 5.74) is 9.30. The quantitative estimate of drug-likeness (QED) is 0.334. The van der Waals surface area contributed by atoms with Crippen molar-refractivity contribution in [2.75, 3.05) is 5.32 Å². The Hall–Kier alpha value is -3.36. The molecule has 0 bridgehead atoms. The summed E-state index contributed by atoms with van der Waals surface area (Å²) in [7, 11) is 0. The lowest BCUT2D eigenvalue weighted by molar-refractivity contribution is 0.441. The van der Waals surface area contributed by atoms with Gasteiger partial charge in [0.05, 0.1) is 17.6 Å². The zero-order chi connectivity index (χ0) is 25.7. The number of H-pyrrole nitrogens is 1. The zero-order valence-corrected chi connectivity index (χ0v) is 21.6. The summed E-state index contributed by atoms with van der Waals surface area (Å²) >= 11 is 6.52. The summed E-state index contributed by atoms with van der Waals surface area (Å²) in [6, 6.07) is 7.95. The molecule has 3 aromatic heterocycles. The number of hydrogen-bond acceptors (Lipinski definition) is 7. The van der Waals surface area contributed by atoms with Crippen molar-refractivity contribution in [3.8, 4) is 22.4 Å². The van der Waals surface area contributed by atoms with Gasteiger partial charge >= 0.3 is 0 Å². The molecular formula is C27H32ClN7O. The maximum atomic E-state index is 12.7. The fourth-order valence-corrected chi connectivity index (χ4v) is 4.43. The third-order valence-electron chi connectivity index (χ3n) is 5.97. The molecule has 36 heavy (non-hydrogen) atoms. The van der Waals surface area contributed by atoms with Crippen LogP contribution in [-0.2, 0) is 0 Å². The molecule has 3 heterocycles. The number of nitrogens with zero attached hydrogens (tertiary/aromatic N) is 4. The van der Waals surface area contributed by atoms with Crippen molar-refractivity contribution in [1.29, 1.82) is 0 Å². The Morgan fingerprint density at radius 2 is 1.83 bits per heavy atom. The minimum absolute atomic E-state index is 0.189. The lowest BCUT2D eigenvalue weighted by atomic mass is 9.97. The number of anilines is 1. The average Bonchev–Trinajstić information content (AvgIpc) is 2.84. The molecule has 4 aromatic rings. The van der Waals surface area contributed by atoms with Crippen LogP contribution in [0.3, 0.4) is 0 Å². The van der Waals surface area contributed by atoms with E-state index in [0.29, 0.717) is 33.8 Å². The van der Waals surface area contributed by atoms with Crippen LogP contribution in [0.15, 0.2) is 47.7 Å². The molecule has 0 radical (unpaired) electrons. The zero-order valence-electron chi connectivity index (χ0n) is 20.9. The highest BCUT2D eigenvalue weighted by Gasteiger charge is 2.13. The summed E-state index contributed by atoms with van der Waals surface area (Å²) in [4.78, 5) is 32.8. The molecule has 188 valence electrons. The number of nitrogens with one attached hydrogen (secondary N) is 2. The lowest BCUT2D eigenvalue weighted by Gasteiger charge is -2.15. The van der Waals surface area contributed by atoms with E-state index < -0.39 is 0 Å². The molecule has 4 N–H and O–H groups in total. The summed E-state index contributed by atoms with van der Waals surface area (Å²) < 4.78 is 0. The normalized spacial score (nSPS) is 13.9. The molecule has 1 aromatic carbocycles. The monoisotopic (exact) mass is 505 g/mol. The number of aromatic nitrogens is 5. The Labute approximate surface area is 215 Å². The van der Waals surface area contributed by atoms with Crippen LogP contribution in [-0.4, -0.2) is 37.0 Å². The molecule has 0 spiro atoms. The second-order valence-electron chi connectivity index (χ2n) is 9.45. The maximum absolute atomic E-state index is 12.7. The van der Waals surface area contributed by atoms with E-state index in [2.05, 4.69) is 30.2 Å². The van der Waals surface area contributed by atoms with E-state index in [9.17, 15) is 4.79 Å². The van der Waals surface area contributed by atoms with Crippen molar-refractivity contribution in [3.05, 3.63) is 63.9 Å². The predicted octanol–water partition coefficient (Wildman–Crippen LogP) is 5.50. The van der Waals surface area contributed by atoms with Gasteiger partial charge in [-0.05, 0) is 45.7 Å². The highest BCUT2D eigenvalue weighted by atomic mass is 35.5. The van der Waals surface area contributed by atoms with E-state index in [1.807, 2.05) is 32.9 Å². The Balaban J connectivity index is 0.000000375. The van der Waals surface area contributed by atoms with E-state index >= 15 is 0 Å². The highest BCUT2D eigenvalue weighted by Crippen LogP contribution is 2.31. The van der Waals surface area contributed by atoms with Crippen molar-refractivity contribution in [2.45, 2.75) is 65.0 Å². The first-order valence-corrected chi connectivity index (χ1v) is 12.7. The van der Waals surface area contributed by atoms with Crippen LogP contribution >= 0.6 is 11.6 Å². The molecule has 0 saturated heterocycles. The van der Waals surface area contributed by atoms with Gasteiger partial charge in [0.25, 0.3) is 5.56 Å². The second-order valence-corrected chi connectivity index (χ2v) is 9.85. The topological polar surface area (TPSA) is 122 Å². The first kappa shape index (κ1) is 25.7. The van der Waals surface area contributed by atoms with Gasteiger partial charge in [0.1, 0.15) is 5.65 Å². The van der Waals surface area contributed by atoms with E-state index in [1.54, 1.807) is 30.7 Å². The van der Waals surface area contributed by atoms with E-state index in [1.165, 1.54) is 32.1 Å². The number of pyridine rings is 1. The smallest absolute Gasteiger partial charge is 0.257 e. The second kappa shape index (κ2) is 11.6. The van der Waals surface area contributed by atoms with Crippen molar-refractivity contribution >= 4 is 28.6 Å². The summed E-state index contributed by atoms with van der Waals surface area (Å²) in [5, 5.41) is 4.30. The summed E-state index contributed by atoms with van der Waals surface area (Å²) in [6.45, 7) is 5.87. The minimum atomic E-state index is -0.267. The average molecular weight is 506 g/mol. The molecule has 1 aliphatic rings. The highest BCUT2D eigenvalue weighted by molar-refractivity contribution is 6.33. The van der Waals surface area contributed by atoms with Crippen molar-refractivity contribution < 1.29 is 0 Å². The van der Waals surface area contributed by atoms with Crippen LogP contribution in [0.5, 0.6) is 0 Å². The molecular weight excluding hydrogens is 474 g/mol. The van der Waals surface area contributed by atoms with Crippen LogP contribution in [0.4, 0.5) is 5.95 Å². The molecule has 5 rings (SSSR count). The van der Waals surface area contributed by atoms with Crippen molar-refractivity contribution in [2.24, 2.45) is 5.73 Å². The SMILES string of the molecule is Cc1cncc(-c2ccc(-c3cc4cnc(NC(C)C)nc4[nH]c3=O)c(Cl)c2)n1.NC1CCCCC1. The van der Waals surface area contributed by atoms with Gasteiger partial charge in [-0.25, -0.2) is 9.97 Å². The van der Waals surface area contributed by atoms with Gasteiger partial charge in [-0.1, -0.05) is 43.0 Å². The number of aryl methyl sites for hydroxylation is 1. The number of hydrogen-bond donors (Lipinski definition) is 3. The fraction of sp³-hybridized carbons (Fsp3) is 0.370. The molecule has 0 amide bonds. The predicted molar refractivity (Wildman–Crippen MR) is 146 cm³/mol. The third-order valence-corrected chi connectivity index (χ3v) is 6.28. The summed E-state index contributed by atoms with van der Waals surface area (Å²) in [5.74, 6) is 0.470. The molecule has 8 nitrogen and oxygen atoms in total. The number of nitrogens with two attached hydrogens (primary N) is 1. The standard InChI is InChI=1S/C21H19ClN6O.C6H13N/c1-11(2)25-21-24-9-14-6-16(20(29)27-19(14)28-21)15-5-4-13(7-17(15)22)18-10-23-8-12(3)26-18;7-6-4-2-1-3-5-6/h4-11H,1-3H3,(H2,24,25,27,28,29);6H,1-5,7H2. The van der Waals surface area contributed by atoms with Crippen LogP contribution < -0.4 is 16.6 Å².